The van der Waals surface area contributed by atoms with Gasteiger partial charge in [0.1, 0.15) is 22.4 Å². The number of carbonyl (C=O) groups is 1. The first-order valence-electron chi connectivity index (χ1n) is 8.82. The molecule has 1 amide bonds. The summed E-state index contributed by atoms with van der Waals surface area (Å²) in [5, 5.41) is 21.8. The monoisotopic (exact) mass is 427 g/mol. The highest BCUT2D eigenvalue weighted by Crippen LogP contribution is 2.28. The molecule has 0 saturated heterocycles. The van der Waals surface area contributed by atoms with Crippen molar-refractivity contribution < 1.29 is 9.53 Å². The number of aryl methyl sites for hydroxylation is 1. The lowest BCUT2D eigenvalue weighted by Gasteiger charge is -2.10. The van der Waals surface area contributed by atoms with E-state index in [2.05, 4.69) is 15.5 Å². The quantitative estimate of drug-likeness (QED) is 0.443. The van der Waals surface area contributed by atoms with Gasteiger partial charge in [-0.25, -0.2) is 0 Å². The molecule has 0 aliphatic rings. The fourth-order valence-electron chi connectivity index (χ4n) is 2.63. The average Bonchev–Trinajstić information content (AvgIpc) is 3.35. The number of ether oxygens (including phenoxy) is 1. The first-order valence-corrected chi connectivity index (χ1v) is 10.0. The van der Waals surface area contributed by atoms with Gasteiger partial charge in [0.15, 0.2) is 0 Å². The van der Waals surface area contributed by atoms with E-state index in [1.54, 1.807) is 25.3 Å². The molecule has 148 valence electrons. The molecule has 0 atom stereocenters. The maximum atomic E-state index is 12.5. The standard InChI is InChI=1S/C20H18ClN5O2S/c1-3-5-18-24-25-20(29-18)23-19(27)13(12-22)10-14-6-4-9-26(14)15-7-8-17(28-2)16(21)11-15/h4,6-11H,3,5H2,1-2H3,(H,23,25,27). The summed E-state index contributed by atoms with van der Waals surface area (Å²) in [6.45, 7) is 2.04. The summed E-state index contributed by atoms with van der Waals surface area (Å²) in [4.78, 5) is 12.5. The van der Waals surface area contributed by atoms with Crippen LogP contribution >= 0.6 is 22.9 Å². The third-order valence-electron chi connectivity index (χ3n) is 4.00. The van der Waals surface area contributed by atoms with Crippen LogP contribution in [0.2, 0.25) is 5.02 Å². The number of methoxy groups -OCH3 is 1. The Kier molecular flexibility index (Phi) is 6.65. The zero-order chi connectivity index (χ0) is 20.8. The fraction of sp³-hybridized carbons (Fsp3) is 0.200. The van der Waals surface area contributed by atoms with Gasteiger partial charge in [0.2, 0.25) is 5.13 Å². The molecule has 0 fully saturated rings. The van der Waals surface area contributed by atoms with Crippen LogP contribution in [0.15, 0.2) is 42.1 Å². The van der Waals surface area contributed by atoms with Crippen LogP contribution in [0.4, 0.5) is 5.13 Å². The zero-order valence-electron chi connectivity index (χ0n) is 15.8. The van der Waals surface area contributed by atoms with Gasteiger partial charge in [0, 0.05) is 24.0 Å². The number of amides is 1. The maximum absolute atomic E-state index is 12.5. The van der Waals surface area contributed by atoms with E-state index in [9.17, 15) is 10.1 Å². The Hall–Kier alpha value is -3.15. The lowest BCUT2D eigenvalue weighted by Crippen LogP contribution is -2.13. The van der Waals surface area contributed by atoms with Crippen LogP contribution in [0.25, 0.3) is 11.8 Å². The van der Waals surface area contributed by atoms with Gasteiger partial charge in [-0.1, -0.05) is 29.9 Å². The van der Waals surface area contributed by atoms with Crippen molar-refractivity contribution in [2.75, 3.05) is 12.4 Å². The van der Waals surface area contributed by atoms with E-state index < -0.39 is 5.91 Å². The van der Waals surface area contributed by atoms with E-state index in [0.29, 0.717) is 21.6 Å². The van der Waals surface area contributed by atoms with E-state index in [4.69, 9.17) is 16.3 Å². The second-order valence-electron chi connectivity index (χ2n) is 6.00. The largest absolute Gasteiger partial charge is 0.495 e. The van der Waals surface area contributed by atoms with Crippen LogP contribution in [0.3, 0.4) is 0 Å². The number of hydrogen-bond acceptors (Lipinski definition) is 6. The van der Waals surface area contributed by atoms with Crippen LogP contribution in [-0.2, 0) is 11.2 Å². The third kappa shape index (κ3) is 4.83. The predicted octanol–water partition coefficient (Wildman–Crippen LogP) is 4.49. The van der Waals surface area contributed by atoms with Crippen LogP contribution < -0.4 is 10.1 Å². The Morgan fingerprint density at radius 2 is 2.24 bits per heavy atom. The number of aromatic nitrogens is 3. The summed E-state index contributed by atoms with van der Waals surface area (Å²) in [7, 11) is 1.55. The predicted molar refractivity (Wildman–Crippen MR) is 113 cm³/mol. The van der Waals surface area contributed by atoms with Gasteiger partial charge in [-0.05, 0) is 42.8 Å². The van der Waals surface area contributed by atoms with Crippen molar-refractivity contribution in [1.29, 1.82) is 5.26 Å². The number of nitrogens with one attached hydrogen (secondary N) is 1. The van der Waals surface area contributed by atoms with Crippen molar-refractivity contribution in [3.63, 3.8) is 0 Å². The molecule has 1 aromatic carbocycles. The molecule has 3 aromatic rings. The van der Waals surface area contributed by atoms with Gasteiger partial charge in [-0.3, -0.25) is 10.1 Å². The van der Waals surface area contributed by atoms with E-state index in [-0.39, 0.29) is 5.57 Å². The Bertz CT molecular complexity index is 1100. The third-order valence-corrected chi connectivity index (χ3v) is 5.20. The summed E-state index contributed by atoms with van der Waals surface area (Å²) in [5.41, 5.74) is 1.39. The summed E-state index contributed by atoms with van der Waals surface area (Å²) < 4.78 is 7.00. The molecule has 1 N–H and O–H groups in total. The molecular formula is C20H18ClN5O2S. The highest BCUT2D eigenvalue weighted by Gasteiger charge is 2.14. The summed E-state index contributed by atoms with van der Waals surface area (Å²) in [5.74, 6) is 0.0310. The average molecular weight is 428 g/mol. The molecule has 3 rings (SSSR count). The molecule has 0 spiro atoms. The molecule has 0 aliphatic heterocycles. The minimum Gasteiger partial charge on any atom is -0.495 e. The van der Waals surface area contributed by atoms with Gasteiger partial charge in [0.05, 0.1) is 12.1 Å². The molecule has 0 radical (unpaired) electrons. The molecule has 0 aliphatic carbocycles. The molecule has 0 unspecified atom stereocenters. The van der Waals surface area contributed by atoms with Crippen molar-refractivity contribution in [1.82, 2.24) is 14.8 Å². The fourth-order valence-corrected chi connectivity index (χ4v) is 3.72. The van der Waals surface area contributed by atoms with E-state index in [1.807, 2.05) is 35.9 Å². The molecule has 9 heteroatoms. The van der Waals surface area contributed by atoms with Crippen LogP contribution in [0, 0.1) is 11.3 Å². The minimum atomic E-state index is -0.535. The topological polar surface area (TPSA) is 92.8 Å². The highest BCUT2D eigenvalue weighted by molar-refractivity contribution is 7.15. The van der Waals surface area contributed by atoms with Crippen LogP contribution in [0.1, 0.15) is 24.0 Å². The van der Waals surface area contributed by atoms with Crippen molar-refractivity contribution in [3.8, 4) is 17.5 Å². The van der Waals surface area contributed by atoms with Crippen LogP contribution in [0.5, 0.6) is 5.75 Å². The van der Waals surface area contributed by atoms with E-state index >= 15 is 0 Å². The maximum Gasteiger partial charge on any atom is 0.268 e. The number of nitrogens with zero attached hydrogens (tertiary/aromatic N) is 4. The number of carbonyl (C=O) groups excluding carboxylic acids is 1. The van der Waals surface area contributed by atoms with Gasteiger partial charge in [-0.2, -0.15) is 5.26 Å². The first kappa shape index (κ1) is 20.6. The van der Waals surface area contributed by atoms with Crippen LogP contribution in [-0.4, -0.2) is 27.8 Å². The SMILES string of the molecule is CCCc1nnc(NC(=O)C(C#N)=Cc2cccn2-c2ccc(OC)c(Cl)c2)s1. The molecule has 7 nitrogen and oxygen atoms in total. The van der Waals surface area contributed by atoms with Gasteiger partial charge in [0.25, 0.3) is 5.91 Å². The summed E-state index contributed by atoms with van der Waals surface area (Å²) in [6, 6.07) is 10.9. The lowest BCUT2D eigenvalue weighted by atomic mass is 10.2. The number of halogens is 1. The number of hydrogen-bond donors (Lipinski definition) is 1. The summed E-state index contributed by atoms with van der Waals surface area (Å²) in [6.07, 6.45) is 5.07. The molecular weight excluding hydrogens is 410 g/mol. The molecule has 2 heterocycles. The summed E-state index contributed by atoms with van der Waals surface area (Å²) >= 11 is 7.52. The molecule has 29 heavy (non-hydrogen) atoms. The number of anilines is 1. The smallest absolute Gasteiger partial charge is 0.268 e. The van der Waals surface area contributed by atoms with Crippen molar-refractivity contribution in [2.24, 2.45) is 0 Å². The highest BCUT2D eigenvalue weighted by atomic mass is 35.5. The molecule has 0 saturated carbocycles. The van der Waals surface area contributed by atoms with Crippen molar-refractivity contribution in [2.45, 2.75) is 19.8 Å². The van der Waals surface area contributed by atoms with E-state index in [0.717, 1.165) is 23.5 Å². The minimum absolute atomic E-state index is 0.0446. The number of nitriles is 1. The second kappa shape index (κ2) is 9.37. The second-order valence-corrected chi connectivity index (χ2v) is 7.47. The number of benzene rings is 1. The van der Waals surface area contributed by atoms with E-state index in [1.165, 1.54) is 17.4 Å². The molecule has 0 bridgehead atoms. The Morgan fingerprint density at radius 3 is 2.93 bits per heavy atom. The Morgan fingerprint density at radius 1 is 1.41 bits per heavy atom. The normalized spacial score (nSPS) is 11.2. The van der Waals surface area contributed by atoms with Gasteiger partial charge in [-0.15, -0.1) is 10.2 Å². The Labute approximate surface area is 177 Å². The van der Waals surface area contributed by atoms with Gasteiger partial charge < -0.3 is 9.30 Å². The first-order chi connectivity index (χ1) is 14.0. The van der Waals surface area contributed by atoms with Crippen molar-refractivity contribution >= 4 is 40.1 Å². The van der Waals surface area contributed by atoms with Crippen molar-refractivity contribution in [3.05, 3.63) is 57.8 Å². The molecule has 2 aromatic heterocycles. The van der Waals surface area contributed by atoms with Gasteiger partial charge >= 0.3 is 0 Å². The Balaban J connectivity index is 1.84. The zero-order valence-corrected chi connectivity index (χ0v) is 17.4. The number of rotatable bonds is 7. The lowest BCUT2D eigenvalue weighted by molar-refractivity contribution is -0.112.